The summed E-state index contributed by atoms with van der Waals surface area (Å²) in [6.07, 6.45) is 1.50. The molecule has 1 heterocycles. The van der Waals surface area contributed by atoms with E-state index >= 15 is 0 Å². The van der Waals surface area contributed by atoms with E-state index < -0.39 is 17.9 Å². The van der Waals surface area contributed by atoms with Crippen LogP contribution in [-0.2, 0) is 20.9 Å². The number of hydrogen-bond donors (Lipinski definition) is 1. The lowest BCUT2D eigenvalue weighted by atomic mass is 9.79. The first kappa shape index (κ1) is 21.1. The van der Waals surface area contributed by atoms with Crippen LogP contribution in [-0.4, -0.2) is 28.6 Å². The fourth-order valence-corrected chi connectivity index (χ4v) is 3.84. The molecule has 1 aliphatic heterocycles. The minimum atomic E-state index is -1.05. The van der Waals surface area contributed by atoms with Gasteiger partial charge in [0.25, 0.3) is 0 Å². The number of aliphatic carboxylic acids is 1. The van der Waals surface area contributed by atoms with Crippen LogP contribution in [0.15, 0.2) is 95.9 Å². The highest BCUT2D eigenvalue weighted by atomic mass is 16.5. The maximum absolute atomic E-state index is 13.1. The van der Waals surface area contributed by atoms with Crippen molar-refractivity contribution in [3.05, 3.63) is 107 Å². The fourth-order valence-electron chi connectivity index (χ4n) is 3.84. The molecule has 1 atom stereocenters. The molecule has 30 heavy (non-hydrogen) atoms. The maximum atomic E-state index is 13.1. The first-order valence-electron chi connectivity index (χ1n) is 9.75. The summed E-state index contributed by atoms with van der Waals surface area (Å²) in [4.78, 5) is 27.3. The van der Waals surface area contributed by atoms with Crippen molar-refractivity contribution in [2.75, 3.05) is 6.61 Å². The lowest BCUT2D eigenvalue weighted by Crippen LogP contribution is -2.34. The van der Waals surface area contributed by atoms with Gasteiger partial charge < -0.3 is 14.7 Å². The third-order valence-electron chi connectivity index (χ3n) is 5.27. The van der Waals surface area contributed by atoms with Gasteiger partial charge in [-0.25, -0.2) is 9.59 Å². The molecule has 0 fully saturated rings. The molecule has 0 saturated heterocycles. The molecule has 0 saturated carbocycles. The number of ether oxygens (including phenoxy) is 1. The molecule has 0 amide bonds. The molecule has 5 nitrogen and oxygen atoms in total. The number of carbonyl (C=O) groups excluding carboxylic acids is 1. The van der Waals surface area contributed by atoms with Gasteiger partial charge in [0.2, 0.25) is 0 Å². The highest BCUT2D eigenvalue weighted by molar-refractivity contribution is 5.99. The standard InChI is InChI=1S/C25H25NO4/c1-4-15-30-25(29)22-18(3)26(16-19-11-7-5-8-12-19)17(2)21(24(27)28)23(22)20-13-9-6-10-14-20/h4-14,23H,1,15-16H2,2-3H3,(H,27,28). The van der Waals surface area contributed by atoms with Crippen LogP contribution in [0.2, 0.25) is 0 Å². The van der Waals surface area contributed by atoms with Crippen molar-refractivity contribution >= 4 is 11.9 Å². The zero-order valence-electron chi connectivity index (χ0n) is 17.2. The van der Waals surface area contributed by atoms with E-state index in [1.807, 2.05) is 72.5 Å². The third kappa shape index (κ3) is 4.20. The number of hydrogen-bond acceptors (Lipinski definition) is 4. The topological polar surface area (TPSA) is 66.8 Å². The van der Waals surface area contributed by atoms with E-state index in [1.165, 1.54) is 6.08 Å². The van der Waals surface area contributed by atoms with Crippen molar-refractivity contribution in [2.45, 2.75) is 26.3 Å². The van der Waals surface area contributed by atoms with Gasteiger partial charge in [0.05, 0.1) is 17.1 Å². The molecular formula is C25H25NO4. The quantitative estimate of drug-likeness (QED) is 0.539. The monoisotopic (exact) mass is 403 g/mol. The second-order valence-electron chi connectivity index (χ2n) is 7.11. The van der Waals surface area contributed by atoms with Crippen LogP contribution in [0.25, 0.3) is 0 Å². The molecule has 2 aromatic carbocycles. The van der Waals surface area contributed by atoms with Gasteiger partial charge in [-0.15, -0.1) is 0 Å². The molecule has 0 aliphatic carbocycles. The van der Waals surface area contributed by atoms with E-state index in [2.05, 4.69) is 6.58 Å². The zero-order chi connectivity index (χ0) is 21.7. The first-order chi connectivity index (χ1) is 14.5. The molecule has 0 aromatic heterocycles. The summed E-state index contributed by atoms with van der Waals surface area (Å²) in [5.41, 5.74) is 3.55. The number of rotatable bonds is 7. The SMILES string of the molecule is C=CCOC(=O)C1=C(C)N(Cc2ccccc2)C(C)=C(C(=O)O)C1c1ccccc1. The molecule has 1 aliphatic rings. The molecule has 0 radical (unpaired) electrons. The van der Waals surface area contributed by atoms with E-state index in [0.717, 1.165) is 11.1 Å². The number of benzene rings is 2. The summed E-state index contributed by atoms with van der Waals surface area (Å²) in [5.74, 6) is -2.31. The summed E-state index contributed by atoms with van der Waals surface area (Å²) in [5, 5.41) is 10.1. The van der Waals surface area contributed by atoms with E-state index in [9.17, 15) is 14.7 Å². The molecule has 5 heteroatoms. The molecule has 0 spiro atoms. The molecule has 2 aromatic rings. The molecular weight excluding hydrogens is 378 g/mol. The maximum Gasteiger partial charge on any atom is 0.337 e. The number of carboxylic acid groups (broad SMARTS) is 1. The van der Waals surface area contributed by atoms with Crippen LogP contribution in [0.3, 0.4) is 0 Å². The summed E-state index contributed by atoms with van der Waals surface area (Å²) in [6.45, 7) is 7.73. The Morgan fingerprint density at radius 3 is 2.13 bits per heavy atom. The number of allylic oxidation sites excluding steroid dienone is 2. The number of carboxylic acids is 1. The number of nitrogens with zero attached hydrogens (tertiary/aromatic N) is 1. The molecule has 154 valence electrons. The minimum absolute atomic E-state index is 0.0565. The zero-order valence-corrected chi connectivity index (χ0v) is 17.2. The summed E-state index contributed by atoms with van der Waals surface area (Å²) >= 11 is 0. The predicted molar refractivity (Wildman–Crippen MR) is 115 cm³/mol. The Balaban J connectivity index is 2.18. The van der Waals surface area contributed by atoms with E-state index in [4.69, 9.17) is 4.74 Å². The highest BCUT2D eigenvalue weighted by Gasteiger charge is 2.39. The van der Waals surface area contributed by atoms with E-state index in [0.29, 0.717) is 23.5 Å². The van der Waals surface area contributed by atoms with Crippen molar-refractivity contribution in [3.8, 4) is 0 Å². The van der Waals surface area contributed by atoms with Gasteiger partial charge in [-0.1, -0.05) is 73.3 Å². The lowest BCUT2D eigenvalue weighted by Gasteiger charge is -2.37. The van der Waals surface area contributed by atoms with Crippen LogP contribution < -0.4 is 0 Å². The van der Waals surface area contributed by atoms with E-state index in [-0.39, 0.29) is 12.2 Å². The second kappa shape index (κ2) is 9.27. The highest BCUT2D eigenvalue weighted by Crippen LogP contribution is 2.42. The summed E-state index contributed by atoms with van der Waals surface area (Å²) in [7, 11) is 0. The van der Waals surface area contributed by atoms with Crippen molar-refractivity contribution < 1.29 is 19.4 Å². The second-order valence-corrected chi connectivity index (χ2v) is 7.11. The smallest absolute Gasteiger partial charge is 0.337 e. The fraction of sp³-hybridized carbons (Fsp3) is 0.200. The van der Waals surface area contributed by atoms with Crippen molar-refractivity contribution in [1.29, 1.82) is 0 Å². The Labute approximate surface area is 176 Å². The van der Waals surface area contributed by atoms with Gasteiger partial charge in [-0.05, 0) is 25.0 Å². The Morgan fingerprint density at radius 2 is 1.57 bits per heavy atom. The Bertz CT molecular complexity index is 1010. The van der Waals surface area contributed by atoms with Crippen LogP contribution in [0, 0.1) is 0 Å². The van der Waals surface area contributed by atoms with Gasteiger partial charge in [0.15, 0.2) is 0 Å². The van der Waals surface area contributed by atoms with Gasteiger partial charge >= 0.3 is 11.9 Å². The third-order valence-corrected chi connectivity index (χ3v) is 5.27. The molecule has 1 unspecified atom stereocenters. The number of esters is 1. The largest absolute Gasteiger partial charge is 0.478 e. The van der Waals surface area contributed by atoms with Crippen molar-refractivity contribution in [3.63, 3.8) is 0 Å². The Kier molecular flexibility index (Phi) is 6.52. The van der Waals surface area contributed by atoms with Crippen LogP contribution in [0.5, 0.6) is 0 Å². The van der Waals surface area contributed by atoms with Crippen molar-refractivity contribution in [2.24, 2.45) is 0 Å². The van der Waals surface area contributed by atoms with Crippen LogP contribution in [0.1, 0.15) is 30.9 Å². The van der Waals surface area contributed by atoms with Gasteiger partial charge in [0.1, 0.15) is 6.61 Å². The average Bonchev–Trinajstić information content (AvgIpc) is 2.75. The predicted octanol–water partition coefficient (Wildman–Crippen LogP) is 4.65. The van der Waals surface area contributed by atoms with Crippen LogP contribution in [0.4, 0.5) is 0 Å². The average molecular weight is 403 g/mol. The Morgan fingerprint density at radius 1 is 1.00 bits per heavy atom. The minimum Gasteiger partial charge on any atom is -0.478 e. The summed E-state index contributed by atoms with van der Waals surface area (Å²) < 4.78 is 5.36. The Hall–Kier alpha value is -3.60. The van der Waals surface area contributed by atoms with Crippen molar-refractivity contribution in [1.82, 2.24) is 4.90 Å². The van der Waals surface area contributed by atoms with Gasteiger partial charge in [-0.2, -0.15) is 0 Å². The molecule has 0 bridgehead atoms. The molecule has 3 rings (SSSR count). The van der Waals surface area contributed by atoms with Gasteiger partial charge in [0, 0.05) is 17.9 Å². The van der Waals surface area contributed by atoms with E-state index in [1.54, 1.807) is 6.92 Å². The summed E-state index contributed by atoms with van der Waals surface area (Å²) in [6, 6.07) is 18.9. The van der Waals surface area contributed by atoms with Gasteiger partial charge in [-0.3, -0.25) is 0 Å². The lowest BCUT2D eigenvalue weighted by molar-refractivity contribution is -0.138. The normalized spacial score (nSPS) is 16.5. The molecule has 1 N–H and O–H groups in total. The van der Waals surface area contributed by atoms with Crippen LogP contribution >= 0.6 is 0 Å². The number of carbonyl (C=O) groups is 2. The first-order valence-corrected chi connectivity index (χ1v) is 9.75.